The first-order valence-electron chi connectivity index (χ1n) is 7.06. The molecule has 1 fully saturated rings. The molecule has 1 aromatic rings. The Labute approximate surface area is 120 Å². The molecule has 108 valence electrons. The highest BCUT2D eigenvalue weighted by atomic mass is 32.2. The molecular formula is C15H19NO3S. The van der Waals surface area contributed by atoms with Gasteiger partial charge in [0.05, 0.1) is 11.5 Å². The van der Waals surface area contributed by atoms with Crippen LogP contribution in [-0.4, -0.2) is 31.4 Å². The first-order chi connectivity index (χ1) is 9.63. The zero-order valence-corrected chi connectivity index (χ0v) is 12.3. The SMILES string of the molecule is CCOc1ccc(S(=O)(=O)N2C3C=CCC2CC3)cc1. The number of fused-ring (bicyclic) bond motifs is 2. The molecule has 5 heteroatoms. The smallest absolute Gasteiger partial charge is 0.243 e. The molecule has 4 nitrogen and oxygen atoms in total. The Morgan fingerprint density at radius 1 is 1.25 bits per heavy atom. The molecule has 20 heavy (non-hydrogen) atoms. The van der Waals surface area contributed by atoms with Crippen molar-refractivity contribution in [3.63, 3.8) is 0 Å². The quantitative estimate of drug-likeness (QED) is 0.802. The second kappa shape index (κ2) is 5.22. The third-order valence-electron chi connectivity index (χ3n) is 3.96. The molecule has 2 bridgehead atoms. The Morgan fingerprint density at radius 2 is 2.00 bits per heavy atom. The maximum absolute atomic E-state index is 12.8. The van der Waals surface area contributed by atoms with Crippen LogP contribution in [0.1, 0.15) is 26.2 Å². The van der Waals surface area contributed by atoms with Crippen LogP contribution in [-0.2, 0) is 10.0 Å². The van der Waals surface area contributed by atoms with Crippen molar-refractivity contribution in [3.05, 3.63) is 36.4 Å². The average Bonchev–Trinajstić information content (AvgIpc) is 2.71. The van der Waals surface area contributed by atoms with Crippen molar-refractivity contribution >= 4 is 10.0 Å². The molecule has 0 N–H and O–H groups in total. The van der Waals surface area contributed by atoms with E-state index in [1.54, 1.807) is 28.6 Å². The average molecular weight is 293 g/mol. The minimum atomic E-state index is -3.40. The van der Waals surface area contributed by atoms with Crippen LogP contribution in [0.3, 0.4) is 0 Å². The summed E-state index contributed by atoms with van der Waals surface area (Å²) in [4.78, 5) is 0.355. The lowest BCUT2D eigenvalue weighted by atomic mass is 10.2. The van der Waals surface area contributed by atoms with Crippen molar-refractivity contribution < 1.29 is 13.2 Å². The summed E-state index contributed by atoms with van der Waals surface area (Å²) >= 11 is 0. The van der Waals surface area contributed by atoms with Gasteiger partial charge in [-0.2, -0.15) is 4.31 Å². The monoisotopic (exact) mass is 293 g/mol. The van der Waals surface area contributed by atoms with Gasteiger partial charge in [0, 0.05) is 12.1 Å². The van der Waals surface area contributed by atoms with E-state index in [9.17, 15) is 8.42 Å². The molecule has 0 saturated carbocycles. The van der Waals surface area contributed by atoms with Crippen molar-refractivity contribution in [2.24, 2.45) is 0 Å². The summed E-state index contributed by atoms with van der Waals surface area (Å²) in [6.45, 7) is 2.48. The van der Waals surface area contributed by atoms with E-state index in [0.29, 0.717) is 17.3 Å². The number of rotatable bonds is 4. The predicted octanol–water partition coefficient (Wildman–Crippen LogP) is 2.57. The number of hydrogen-bond donors (Lipinski definition) is 0. The standard InChI is InChI=1S/C15H19NO3S/c1-2-19-14-8-10-15(11-9-14)20(17,18)16-12-4-3-5-13(16)7-6-12/h3-4,8-13H,2,5-7H2,1H3. The molecule has 2 atom stereocenters. The van der Waals surface area contributed by atoms with E-state index in [-0.39, 0.29) is 12.1 Å². The second-order valence-electron chi connectivity index (χ2n) is 5.20. The summed E-state index contributed by atoms with van der Waals surface area (Å²) in [7, 11) is -3.40. The van der Waals surface area contributed by atoms with Gasteiger partial charge in [0.15, 0.2) is 0 Å². The molecule has 1 aromatic carbocycles. The molecule has 2 unspecified atom stereocenters. The molecular weight excluding hydrogens is 274 g/mol. The van der Waals surface area contributed by atoms with Crippen molar-refractivity contribution in [2.75, 3.05) is 6.61 Å². The van der Waals surface area contributed by atoms with Gasteiger partial charge in [-0.05, 0) is 50.5 Å². The van der Waals surface area contributed by atoms with Crippen LogP contribution in [0.25, 0.3) is 0 Å². The highest BCUT2D eigenvalue weighted by Crippen LogP contribution is 2.36. The second-order valence-corrected chi connectivity index (χ2v) is 7.04. The Bertz CT molecular complexity index is 607. The van der Waals surface area contributed by atoms with Gasteiger partial charge in [-0.3, -0.25) is 0 Å². The van der Waals surface area contributed by atoms with Crippen molar-refractivity contribution in [2.45, 2.75) is 43.2 Å². The number of hydrogen-bond acceptors (Lipinski definition) is 3. The van der Waals surface area contributed by atoms with Crippen LogP contribution < -0.4 is 4.74 Å². The lowest BCUT2D eigenvalue weighted by molar-refractivity contribution is 0.338. The molecule has 1 saturated heterocycles. The summed E-state index contributed by atoms with van der Waals surface area (Å²) in [5.41, 5.74) is 0. The predicted molar refractivity (Wildman–Crippen MR) is 77.2 cm³/mol. The van der Waals surface area contributed by atoms with Gasteiger partial charge in [0.2, 0.25) is 10.0 Å². The number of sulfonamides is 1. The fraction of sp³-hybridized carbons (Fsp3) is 0.467. The van der Waals surface area contributed by atoms with Crippen LogP contribution in [0, 0.1) is 0 Å². The molecule has 2 aliphatic rings. The first-order valence-corrected chi connectivity index (χ1v) is 8.50. The van der Waals surface area contributed by atoms with Gasteiger partial charge in [-0.1, -0.05) is 12.2 Å². The van der Waals surface area contributed by atoms with Crippen LogP contribution in [0.4, 0.5) is 0 Å². The molecule has 0 radical (unpaired) electrons. The van der Waals surface area contributed by atoms with Gasteiger partial charge in [0.1, 0.15) is 5.75 Å². The van der Waals surface area contributed by atoms with Gasteiger partial charge in [-0.25, -0.2) is 8.42 Å². The fourth-order valence-corrected chi connectivity index (χ4v) is 4.89. The van der Waals surface area contributed by atoms with Crippen LogP contribution in [0.5, 0.6) is 5.75 Å². The molecule has 2 aliphatic heterocycles. The Kier molecular flexibility index (Phi) is 3.56. The lowest BCUT2D eigenvalue weighted by Crippen LogP contribution is -2.41. The van der Waals surface area contributed by atoms with Crippen molar-refractivity contribution in [1.29, 1.82) is 0 Å². The summed E-state index contributed by atoms with van der Waals surface area (Å²) in [5, 5.41) is 0. The van der Waals surface area contributed by atoms with Crippen molar-refractivity contribution in [3.8, 4) is 5.75 Å². The maximum Gasteiger partial charge on any atom is 0.243 e. The Balaban J connectivity index is 1.90. The van der Waals surface area contributed by atoms with Crippen molar-refractivity contribution in [1.82, 2.24) is 4.31 Å². The largest absolute Gasteiger partial charge is 0.494 e. The van der Waals surface area contributed by atoms with Gasteiger partial charge in [-0.15, -0.1) is 0 Å². The summed E-state index contributed by atoms with van der Waals surface area (Å²) in [5.74, 6) is 0.702. The van der Waals surface area contributed by atoms with E-state index in [1.165, 1.54) is 0 Å². The molecule has 0 amide bonds. The minimum absolute atomic E-state index is 0.0327. The number of benzene rings is 1. The van der Waals surface area contributed by atoms with Crippen LogP contribution in [0.2, 0.25) is 0 Å². The highest BCUT2D eigenvalue weighted by Gasteiger charge is 2.42. The van der Waals surface area contributed by atoms with E-state index in [4.69, 9.17) is 4.74 Å². The third kappa shape index (κ3) is 2.25. The minimum Gasteiger partial charge on any atom is -0.494 e. The van der Waals surface area contributed by atoms with Gasteiger partial charge in [0.25, 0.3) is 0 Å². The van der Waals surface area contributed by atoms with E-state index in [2.05, 4.69) is 6.08 Å². The molecule has 2 heterocycles. The summed E-state index contributed by atoms with van der Waals surface area (Å²) in [6, 6.07) is 6.87. The maximum atomic E-state index is 12.8. The highest BCUT2D eigenvalue weighted by molar-refractivity contribution is 7.89. The van der Waals surface area contributed by atoms with E-state index in [0.717, 1.165) is 19.3 Å². The molecule has 0 aromatic heterocycles. The number of nitrogens with zero attached hydrogens (tertiary/aromatic N) is 1. The third-order valence-corrected chi connectivity index (χ3v) is 5.95. The van der Waals surface area contributed by atoms with E-state index >= 15 is 0 Å². The van der Waals surface area contributed by atoms with E-state index in [1.807, 2.05) is 13.0 Å². The molecule has 0 aliphatic carbocycles. The first kappa shape index (κ1) is 13.6. The Hall–Kier alpha value is -1.33. The fourth-order valence-electron chi connectivity index (χ4n) is 3.05. The Morgan fingerprint density at radius 3 is 2.65 bits per heavy atom. The number of ether oxygens (including phenoxy) is 1. The zero-order valence-electron chi connectivity index (χ0n) is 11.5. The van der Waals surface area contributed by atoms with Crippen LogP contribution >= 0.6 is 0 Å². The van der Waals surface area contributed by atoms with E-state index < -0.39 is 10.0 Å². The van der Waals surface area contributed by atoms with Gasteiger partial charge < -0.3 is 4.74 Å². The topological polar surface area (TPSA) is 46.6 Å². The summed E-state index contributed by atoms with van der Waals surface area (Å²) < 4.78 is 32.6. The van der Waals surface area contributed by atoms with Gasteiger partial charge >= 0.3 is 0 Å². The summed E-state index contributed by atoms with van der Waals surface area (Å²) in [6.07, 6.45) is 6.83. The lowest BCUT2D eigenvalue weighted by Gasteiger charge is -2.30. The molecule has 3 rings (SSSR count). The molecule has 0 spiro atoms. The zero-order chi connectivity index (χ0) is 14.2. The normalized spacial score (nSPS) is 25.9. The van der Waals surface area contributed by atoms with Crippen LogP contribution in [0.15, 0.2) is 41.3 Å².